The summed E-state index contributed by atoms with van der Waals surface area (Å²) >= 11 is 0. The molecule has 1 aliphatic heterocycles. The molecule has 0 unspecified atom stereocenters. The molecule has 0 atom stereocenters. The van der Waals surface area contributed by atoms with E-state index in [1.807, 2.05) is 45.2 Å². The Hall–Kier alpha value is -2.70. The monoisotopic (exact) mass is 344 g/mol. The van der Waals surface area contributed by atoms with E-state index in [9.17, 15) is 0 Å². The van der Waals surface area contributed by atoms with Gasteiger partial charge in [0.15, 0.2) is 23.2 Å². The predicted octanol–water partition coefficient (Wildman–Crippen LogP) is 2.56. The number of aliphatic imine (C=N–C) groups is 1. The number of aromatic nitrogens is 1. The molecule has 0 spiro atoms. The number of nitrogens with zero attached hydrogens (tertiary/aromatic N) is 3. The molecule has 1 aliphatic rings. The lowest BCUT2D eigenvalue weighted by molar-refractivity contribution is 0.174. The summed E-state index contributed by atoms with van der Waals surface area (Å²) in [7, 11) is 2.00. The van der Waals surface area contributed by atoms with E-state index in [1.54, 1.807) is 0 Å². The third-order valence-corrected chi connectivity index (χ3v) is 3.91. The zero-order valence-corrected chi connectivity index (χ0v) is 14.9. The summed E-state index contributed by atoms with van der Waals surface area (Å²) in [6.45, 7) is 6.35. The molecular weight excluding hydrogens is 320 g/mol. The van der Waals surface area contributed by atoms with Crippen molar-refractivity contribution >= 4 is 5.96 Å². The average molecular weight is 344 g/mol. The number of hydrogen-bond acceptors (Lipinski definition) is 5. The Morgan fingerprint density at radius 1 is 1.24 bits per heavy atom. The second kappa shape index (κ2) is 7.92. The molecule has 3 rings (SSSR count). The van der Waals surface area contributed by atoms with E-state index in [2.05, 4.69) is 20.4 Å². The topological polar surface area (TPSA) is 72.1 Å². The molecule has 0 aliphatic carbocycles. The highest BCUT2D eigenvalue weighted by Gasteiger charge is 2.15. The number of benzene rings is 1. The number of nitrogens with one attached hydrogen (secondary N) is 1. The largest absolute Gasteiger partial charge is 0.454 e. The van der Waals surface area contributed by atoms with Crippen LogP contribution >= 0.6 is 0 Å². The summed E-state index contributed by atoms with van der Waals surface area (Å²) in [5, 5.41) is 7.30. The van der Waals surface area contributed by atoms with E-state index in [1.165, 1.54) is 0 Å². The normalized spacial score (nSPS) is 13.2. The van der Waals surface area contributed by atoms with Crippen molar-refractivity contribution in [3.63, 3.8) is 0 Å². The van der Waals surface area contributed by atoms with Crippen LogP contribution in [0.1, 0.15) is 30.9 Å². The number of guanidine groups is 1. The molecule has 0 amide bonds. The molecule has 7 heteroatoms. The Morgan fingerprint density at radius 2 is 2.08 bits per heavy atom. The summed E-state index contributed by atoms with van der Waals surface area (Å²) in [6, 6.07) is 7.94. The van der Waals surface area contributed by atoms with Crippen molar-refractivity contribution in [2.24, 2.45) is 4.99 Å². The second-order valence-corrected chi connectivity index (χ2v) is 5.85. The maximum Gasteiger partial charge on any atom is 0.231 e. The molecule has 0 fully saturated rings. The molecule has 0 saturated carbocycles. The molecule has 1 aromatic heterocycles. The summed E-state index contributed by atoms with van der Waals surface area (Å²) in [6.07, 6.45) is 0.858. The fourth-order valence-electron chi connectivity index (χ4n) is 2.61. The van der Waals surface area contributed by atoms with E-state index >= 15 is 0 Å². The van der Waals surface area contributed by atoms with Crippen molar-refractivity contribution in [3.8, 4) is 11.5 Å². The molecular formula is C18H24N4O3. The maximum atomic E-state index is 5.44. The van der Waals surface area contributed by atoms with Crippen LogP contribution in [0.4, 0.5) is 0 Å². The molecule has 2 aromatic rings. The summed E-state index contributed by atoms with van der Waals surface area (Å²) < 4.78 is 16.1. The Morgan fingerprint density at radius 3 is 2.84 bits per heavy atom. The highest BCUT2D eigenvalue weighted by molar-refractivity contribution is 5.79. The van der Waals surface area contributed by atoms with Gasteiger partial charge >= 0.3 is 0 Å². The van der Waals surface area contributed by atoms with Crippen molar-refractivity contribution < 1.29 is 14.0 Å². The average Bonchev–Trinajstić information content (AvgIpc) is 3.26. The quantitative estimate of drug-likeness (QED) is 0.641. The van der Waals surface area contributed by atoms with Crippen molar-refractivity contribution in [3.05, 3.63) is 41.3 Å². The minimum atomic E-state index is 0.287. The van der Waals surface area contributed by atoms with Crippen LogP contribution in [0.5, 0.6) is 11.5 Å². The standard InChI is InChI=1S/C18H24N4O3/c1-4-14-9-15(25-21-14)10-20-18(19-5-2)22(3)11-13-6-7-16-17(8-13)24-12-23-16/h6-9H,4-5,10-12H2,1-3H3,(H,19,20). The first-order chi connectivity index (χ1) is 12.2. The Kier molecular flexibility index (Phi) is 5.42. The highest BCUT2D eigenvalue weighted by atomic mass is 16.7. The number of aryl methyl sites for hydroxylation is 1. The van der Waals surface area contributed by atoms with Crippen LogP contribution in [0.15, 0.2) is 33.8 Å². The fourth-order valence-corrected chi connectivity index (χ4v) is 2.61. The summed E-state index contributed by atoms with van der Waals surface area (Å²) in [4.78, 5) is 6.71. The molecule has 0 saturated heterocycles. The van der Waals surface area contributed by atoms with Crippen molar-refractivity contribution in [2.75, 3.05) is 20.4 Å². The molecule has 0 radical (unpaired) electrons. The van der Waals surface area contributed by atoms with E-state index in [0.29, 0.717) is 13.1 Å². The molecule has 134 valence electrons. The highest BCUT2D eigenvalue weighted by Crippen LogP contribution is 2.32. The van der Waals surface area contributed by atoms with E-state index in [4.69, 9.17) is 14.0 Å². The lowest BCUT2D eigenvalue weighted by Gasteiger charge is -2.22. The van der Waals surface area contributed by atoms with Gasteiger partial charge in [0.1, 0.15) is 6.54 Å². The van der Waals surface area contributed by atoms with Gasteiger partial charge in [0, 0.05) is 26.2 Å². The minimum absolute atomic E-state index is 0.287. The molecule has 2 heterocycles. The van der Waals surface area contributed by atoms with Gasteiger partial charge in [-0.2, -0.15) is 0 Å². The van der Waals surface area contributed by atoms with Gasteiger partial charge < -0.3 is 24.2 Å². The van der Waals surface area contributed by atoms with E-state index < -0.39 is 0 Å². The zero-order valence-electron chi connectivity index (χ0n) is 14.9. The first kappa shape index (κ1) is 17.1. The first-order valence-corrected chi connectivity index (χ1v) is 8.52. The molecule has 25 heavy (non-hydrogen) atoms. The maximum absolute atomic E-state index is 5.44. The zero-order chi connectivity index (χ0) is 17.6. The number of fused-ring (bicyclic) bond motifs is 1. The molecule has 1 aromatic carbocycles. The number of ether oxygens (including phenoxy) is 2. The van der Waals surface area contributed by atoms with Crippen LogP contribution in [0.25, 0.3) is 0 Å². The van der Waals surface area contributed by atoms with E-state index in [-0.39, 0.29) is 6.79 Å². The van der Waals surface area contributed by atoms with Gasteiger partial charge in [-0.15, -0.1) is 0 Å². The first-order valence-electron chi connectivity index (χ1n) is 8.52. The van der Waals surface area contributed by atoms with Gasteiger partial charge in [-0.3, -0.25) is 0 Å². The van der Waals surface area contributed by atoms with Crippen LogP contribution < -0.4 is 14.8 Å². The molecule has 0 bridgehead atoms. The minimum Gasteiger partial charge on any atom is -0.454 e. The second-order valence-electron chi connectivity index (χ2n) is 5.85. The van der Waals surface area contributed by atoms with Gasteiger partial charge in [0.2, 0.25) is 6.79 Å². The Bertz CT molecular complexity index is 742. The summed E-state index contributed by atoms with van der Waals surface area (Å²) in [5.74, 6) is 3.17. The SMILES string of the molecule is CCNC(=NCc1cc(CC)no1)N(C)Cc1ccc2c(c1)OCO2. The third kappa shape index (κ3) is 4.23. The Labute approximate surface area is 147 Å². The van der Waals surface area contributed by atoms with Crippen molar-refractivity contribution in [2.45, 2.75) is 33.4 Å². The van der Waals surface area contributed by atoms with Crippen molar-refractivity contribution in [1.29, 1.82) is 0 Å². The molecule has 7 nitrogen and oxygen atoms in total. The van der Waals surface area contributed by atoms with Gasteiger partial charge in [-0.25, -0.2) is 4.99 Å². The van der Waals surface area contributed by atoms with Gasteiger partial charge in [-0.05, 0) is 31.0 Å². The lowest BCUT2D eigenvalue weighted by Crippen LogP contribution is -2.38. The molecule has 1 N–H and O–H groups in total. The summed E-state index contributed by atoms with van der Waals surface area (Å²) in [5.41, 5.74) is 2.08. The lowest BCUT2D eigenvalue weighted by atomic mass is 10.2. The number of hydrogen-bond donors (Lipinski definition) is 1. The fraction of sp³-hybridized carbons (Fsp3) is 0.444. The van der Waals surface area contributed by atoms with E-state index in [0.717, 1.165) is 47.4 Å². The van der Waals surface area contributed by atoms with Crippen LogP contribution in [-0.2, 0) is 19.5 Å². The van der Waals surface area contributed by atoms with Crippen LogP contribution in [0.3, 0.4) is 0 Å². The Balaban J connectivity index is 1.67. The van der Waals surface area contributed by atoms with Crippen LogP contribution in [-0.4, -0.2) is 36.4 Å². The van der Waals surface area contributed by atoms with Crippen molar-refractivity contribution in [1.82, 2.24) is 15.4 Å². The van der Waals surface area contributed by atoms with Crippen LogP contribution in [0, 0.1) is 0 Å². The van der Waals surface area contributed by atoms with Gasteiger partial charge in [-0.1, -0.05) is 18.1 Å². The predicted molar refractivity (Wildman–Crippen MR) is 94.7 cm³/mol. The van der Waals surface area contributed by atoms with Gasteiger partial charge in [0.05, 0.1) is 5.69 Å². The smallest absolute Gasteiger partial charge is 0.231 e. The van der Waals surface area contributed by atoms with Crippen LogP contribution in [0.2, 0.25) is 0 Å². The third-order valence-electron chi connectivity index (χ3n) is 3.91. The number of rotatable bonds is 6. The van der Waals surface area contributed by atoms with Gasteiger partial charge in [0.25, 0.3) is 0 Å².